The molecule has 0 aromatic heterocycles. The second-order valence-electron chi connectivity index (χ2n) is 8.57. The van der Waals surface area contributed by atoms with Crippen LogP contribution in [0.2, 0.25) is 0 Å². The van der Waals surface area contributed by atoms with Crippen LogP contribution in [-0.2, 0) is 25.8 Å². The average molecular weight is 444 g/mol. The molecule has 1 unspecified atom stereocenters. The average Bonchev–Trinajstić information content (AvgIpc) is 3.12. The highest BCUT2D eigenvalue weighted by Gasteiger charge is 2.42. The second kappa shape index (κ2) is 9.01. The van der Waals surface area contributed by atoms with Gasteiger partial charge in [0.15, 0.2) is 9.84 Å². The first-order chi connectivity index (χ1) is 14.9. The van der Waals surface area contributed by atoms with Crippen LogP contribution >= 0.6 is 0 Å². The highest BCUT2D eigenvalue weighted by atomic mass is 32.2. The summed E-state index contributed by atoms with van der Waals surface area (Å²) in [6.45, 7) is 1.07. The Labute approximate surface area is 183 Å². The molecule has 0 bridgehead atoms. The maximum absolute atomic E-state index is 13.3. The lowest BCUT2D eigenvalue weighted by Gasteiger charge is -2.36. The number of nitrogens with one attached hydrogen (secondary N) is 1. The molecule has 0 saturated carbocycles. The number of hydrogen-bond acceptors (Lipinski definition) is 5. The van der Waals surface area contributed by atoms with E-state index in [1.54, 1.807) is 7.11 Å². The van der Waals surface area contributed by atoms with Crippen LogP contribution in [0.1, 0.15) is 24.8 Å². The zero-order valence-electron chi connectivity index (χ0n) is 17.8. The van der Waals surface area contributed by atoms with E-state index in [-0.39, 0.29) is 23.5 Å². The number of sulfone groups is 1. The first-order valence-corrected chi connectivity index (χ1v) is 12.5. The molecular weight excluding hydrogens is 414 g/mol. The van der Waals surface area contributed by atoms with Crippen molar-refractivity contribution in [3.8, 4) is 16.9 Å². The van der Waals surface area contributed by atoms with Crippen molar-refractivity contribution in [1.82, 2.24) is 5.32 Å². The number of benzene rings is 2. The molecule has 2 aliphatic heterocycles. The van der Waals surface area contributed by atoms with Crippen molar-refractivity contribution >= 4 is 15.7 Å². The highest BCUT2D eigenvalue weighted by molar-refractivity contribution is 7.91. The Morgan fingerprint density at radius 3 is 2.52 bits per heavy atom. The van der Waals surface area contributed by atoms with Crippen LogP contribution in [0.4, 0.5) is 0 Å². The van der Waals surface area contributed by atoms with E-state index in [0.29, 0.717) is 38.9 Å². The van der Waals surface area contributed by atoms with E-state index >= 15 is 0 Å². The second-order valence-corrected chi connectivity index (χ2v) is 10.8. The summed E-state index contributed by atoms with van der Waals surface area (Å²) in [4.78, 5) is 13.3. The summed E-state index contributed by atoms with van der Waals surface area (Å²) in [5, 5.41) is 3.04. The largest absolute Gasteiger partial charge is 0.497 e. The predicted molar refractivity (Wildman–Crippen MR) is 120 cm³/mol. The van der Waals surface area contributed by atoms with Gasteiger partial charge in [0, 0.05) is 19.3 Å². The summed E-state index contributed by atoms with van der Waals surface area (Å²) >= 11 is 0. The third-order valence-electron chi connectivity index (χ3n) is 6.39. The SMILES string of the molecule is COc1ccc(-c2cccc(CC3(C(=O)NC4CCS(=O)(=O)C4)CCOCC3)c2)cc1. The Morgan fingerprint density at radius 2 is 1.87 bits per heavy atom. The molecular formula is C24H29NO5S. The molecule has 0 aliphatic carbocycles. The molecule has 2 aromatic carbocycles. The van der Waals surface area contributed by atoms with Gasteiger partial charge in [0.05, 0.1) is 24.0 Å². The molecule has 2 heterocycles. The fourth-order valence-corrected chi connectivity index (χ4v) is 6.20. The third-order valence-corrected chi connectivity index (χ3v) is 8.16. The van der Waals surface area contributed by atoms with Crippen molar-refractivity contribution in [2.24, 2.45) is 5.41 Å². The minimum atomic E-state index is -3.04. The van der Waals surface area contributed by atoms with E-state index in [9.17, 15) is 13.2 Å². The van der Waals surface area contributed by atoms with Gasteiger partial charge in [-0.15, -0.1) is 0 Å². The van der Waals surface area contributed by atoms with Gasteiger partial charge in [-0.1, -0.05) is 36.4 Å². The molecule has 2 fully saturated rings. The van der Waals surface area contributed by atoms with E-state index in [1.807, 2.05) is 30.3 Å². The fourth-order valence-electron chi connectivity index (χ4n) is 4.53. The van der Waals surface area contributed by atoms with Crippen LogP contribution in [0.3, 0.4) is 0 Å². The van der Waals surface area contributed by atoms with Gasteiger partial charge in [-0.3, -0.25) is 4.79 Å². The Morgan fingerprint density at radius 1 is 1.13 bits per heavy atom. The minimum absolute atomic E-state index is 0.0400. The van der Waals surface area contributed by atoms with Crippen molar-refractivity contribution < 1.29 is 22.7 Å². The van der Waals surface area contributed by atoms with Crippen molar-refractivity contribution in [2.45, 2.75) is 31.7 Å². The number of rotatable bonds is 6. The summed E-state index contributed by atoms with van der Waals surface area (Å²) in [6.07, 6.45) is 2.36. The van der Waals surface area contributed by atoms with Crippen molar-refractivity contribution in [2.75, 3.05) is 31.8 Å². The lowest BCUT2D eigenvalue weighted by molar-refractivity contribution is -0.137. The summed E-state index contributed by atoms with van der Waals surface area (Å²) < 4.78 is 34.4. The third kappa shape index (κ3) is 5.10. The number of ether oxygens (including phenoxy) is 2. The molecule has 31 heavy (non-hydrogen) atoms. The molecule has 0 radical (unpaired) electrons. The van der Waals surface area contributed by atoms with Gasteiger partial charge < -0.3 is 14.8 Å². The van der Waals surface area contributed by atoms with Gasteiger partial charge in [-0.2, -0.15) is 0 Å². The maximum Gasteiger partial charge on any atom is 0.226 e. The molecule has 0 spiro atoms. The van der Waals surface area contributed by atoms with Crippen molar-refractivity contribution in [1.29, 1.82) is 0 Å². The maximum atomic E-state index is 13.3. The number of methoxy groups -OCH3 is 1. The number of hydrogen-bond donors (Lipinski definition) is 1. The van der Waals surface area contributed by atoms with Crippen LogP contribution in [0.25, 0.3) is 11.1 Å². The molecule has 1 N–H and O–H groups in total. The summed E-state index contributed by atoms with van der Waals surface area (Å²) in [5.41, 5.74) is 2.68. The number of carbonyl (C=O) groups excluding carboxylic acids is 1. The van der Waals surface area contributed by atoms with Gasteiger partial charge in [-0.05, 0) is 54.5 Å². The van der Waals surface area contributed by atoms with Crippen LogP contribution in [0.5, 0.6) is 5.75 Å². The lowest BCUT2D eigenvalue weighted by atomic mass is 9.74. The predicted octanol–water partition coefficient (Wildman–Crippen LogP) is 3.00. The standard InChI is InChI=1S/C24H29NO5S/c1-29-22-7-5-19(6-8-22)20-4-2-3-18(15-20)16-24(10-12-30-13-11-24)23(26)25-21-9-14-31(27,28)17-21/h2-8,15,21H,9-14,16-17H2,1H3,(H,25,26). The smallest absolute Gasteiger partial charge is 0.226 e. The zero-order chi connectivity index (χ0) is 21.9. The minimum Gasteiger partial charge on any atom is -0.497 e. The van der Waals surface area contributed by atoms with E-state index < -0.39 is 15.3 Å². The molecule has 6 nitrogen and oxygen atoms in total. The van der Waals surface area contributed by atoms with Gasteiger partial charge in [-0.25, -0.2) is 8.42 Å². The molecule has 2 aromatic rings. The number of carbonyl (C=O) groups is 1. The van der Waals surface area contributed by atoms with E-state index in [1.165, 1.54) is 0 Å². The van der Waals surface area contributed by atoms with Crippen LogP contribution in [-0.4, -0.2) is 52.2 Å². The van der Waals surface area contributed by atoms with Gasteiger partial charge in [0.1, 0.15) is 5.75 Å². The number of amides is 1. The lowest BCUT2D eigenvalue weighted by Crippen LogP contribution is -2.49. The van der Waals surface area contributed by atoms with Crippen molar-refractivity contribution in [3.05, 3.63) is 54.1 Å². The summed E-state index contributed by atoms with van der Waals surface area (Å²) in [7, 11) is -1.39. The topological polar surface area (TPSA) is 81.7 Å². The Balaban J connectivity index is 1.54. The Hall–Kier alpha value is -2.38. The molecule has 2 aliphatic rings. The first kappa shape index (κ1) is 21.8. The van der Waals surface area contributed by atoms with Crippen molar-refractivity contribution in [3.63, 3.8) is 0 Å². The van der Waals surface area contributed by atoms with Crippen LogP contribution in [0, 0.1) is 5.41 Å². The summed E-state index contributed by atoms with van der Waals surface area (Å²) in [5.74, 6) is 0.954. The van der Waals surface area contributed by atoms with Gasteiger partial charge in [0.2, 0.25) is 5.91 Å². The van der Waals surface area contributed by atoms with Gasteiger partial charge >= 0.3 is 0 Å². The Bertz CT molecular complexity index is 1030. The van der Waals surface area contributed by atoms with Gasteiger partial charge in [0.25, 0.3) is 0 Å². The molecule has 1 amide bonds. The Kier molecular flexibility index (Phi) is 6.34. The quantitative estimate of drug-likeness (QED) is 0.742. The monoisotopic (exact) mass is 443 g/mol. The van der Waals surface area contributed by atoms with E-state index in [0.717, 1.165) is 22.4 Å². The normalized spacial score (nSPS) is 22.0. The summed E-state index contributed by atoms with van der Waals surface area (Å²) in [6, 6.07) is 15.9. The zero-order valence-corrected chi connectivity index (χ0v) is 18.6. The first-order valence-electron chi connectivity index (χ1n) is 10.7. The molecule has 1 atom stereocenters. The molecule has 4 rings (SSSR count). The molecule has 166 valence electrons. The van der Waals surface area contributed by atoms with E-state index in [4.69, 9.17) is 9.47 Å². The molecule has 2 saturated heterocycles. The highest BCUT2D eigenvalue weighted by Crippen LogP contribution is 2.36. The van der Waals surface area contributed by atoms with Crippen LogP contribution < -0.4 is 10.1 Å². The molecule has 7 heteroatoms. The fraction of sp³-hybridized carbons (Fsp3) is 0.458. The van der Waals surface area contributed by atoms with Crippen LogP contribution in [0.15, 0.2) is 48.5 Å². The van der Waals surface area contributed by atoms with E-state index in [2.05, 4.69) is 23.5 Å².